The summed E-state index contributed by atoms with van der Waals surface area (Å²) in [7, 11) is 2.96. The highest BCUT2D eigenvalue weighted by atomic mass is 16.5. The van der Waals surface area contributed by atoms with Crippen LogP contribution < -0.4 is 25.8 Å². The molecule has 4 N–H and O–H groups in total. The number of nitrogens with zero attached hydrogens (tertiary/aromatic N) is 3. The van der Waals surface area contributed by atoms with E-state index >= 15 is 0 Å². The minimum atomic E-state index is -0.554. The summed E-state index contributed by atoms with van der Waals surface area (Å²) in [5.74, 6) is 0.337. The molecule has 0 bridgehead atoms. The zero-order chi connectivity index (χ0) is 24.9. The first-order chi connectivity index (χ1) is 16.9. The second-order valence-corrected chi connectivity index (χ2v) is 7.67. The number of ether oxygens (including phenoxy) is 2. The van der Waals surface area contributed by atoms with Crippen LogP contribution in [0.1, 0.15) is 39.2 Å². The summed E-state index contributed by atoms with van der Waals surface area (Å²) in [6.07, 6.45) is 2.81. The number of anilines is 2. The van der Waals surface area contributed by atoms with E-state index in [0.29, 0.717) is 45.2 Å². The van der Waals surface area contributed by atoms with Gasteiger partial charge in [-0.25, -0.2) is 15.0 Å². The number of hydrogen-bond acceptors (Lipinski definition) is 8. The monoisotopic (exact) mass is 472 g/mol. The lowest BCUT2D eigenvalue weighted by Gasteiger charge is -2.17. The molecular formula is C25H24N6O4. The van der Waals surface area contributed by atoms with Gasteiger partial charge in [0.05, 0.1) is 36.9 Å². The van der Waals surface area contributed by atoms with Crippen molar-refractivity contribution >= 4 is 34.2 Å². The number of aromatic nitrogens is 3. The first-order valence-corrected chi connectivity index (χ1v) is 10.7. The van der Waals surface area contributed by atoms with Crippen LogP contribution in [0.2, 0.25) is 0 Å². The maximum Gasteiger partial charge on any atom is 0.257 e. The van der Waals surface area contributed by atoms with Gasteiger partial charge in [-0.15, -0.1) is 0 Å². The second kappa shape index (κ2) is 10.0. The number of amides is 2. The third-order valence-electron chi connectivity index (χ3n) is 5.42. The zero-order valence-corrected chi connectivity index (χ0v) is 19.4. The maximum absolute atomic E-state index is 12.8. The molecule has 0 aliphatic heterocycles. The number of rotatable bonds is 8. The lowest BCUT2D eigenvalue weighted by Crippen LogP contribution is -2.14. The minimum absolute atomic E-state index is 0.176. The highest BCUT2D eigenvalue weighted by molar-refractivity contribution is 6.07. The molecule has 0 aliphatic rings. The predicted molar refractivity (Wildman–Crippen MR) is 132 cm³/mol. The van der Waals surface area contributed by atoms with Crippen molar-refractivity contribution in [1.29, 1.82) is 0 Å². The third kappa shape index (κ3) is 4.96. The summed E-state index contributed by atoms with van der Waals surface area (Å²) in [5, 5.41) is 6.91. The molecule has 2 aromatic heterocycles. The Balaban J connectivity index is 1.54. The van der Waals surface area contributed by atoms with Crippen LogP contribution in [0.5, 0.6) is 11.6 Å². The van der Waals surface area contributed by atoms with E-state index in [4.69, 9.17) is 15.2 Å². The molecule has 1 atom stereocenters. The Morgan fingerprint density at radius 2 is 1.80 bits per heavy atom. The van der Waals surface area contributed by atoms with Crippen molar-refractivity contribution < 1.29 is 19.1 Å². The van der Waals surface area contributed by atoms with Gasteiger partial charge in [-0.1, -0.05) is 18.2 Å². The van der Waals surface area contributed by atoms with Crippen LogP contribution in [-0.2, 0) is 0 Å². The molecule has 0 unspecified atom stereocenters. The molecule has 0 saturated carbocycles. The highest BCUT2D eigenvalue weighted by Crippen LogP contribution is 2.28. The Labute approximate surface area is 201 Å². The van der Waals surface area contributed by atoms with Crippen molar-refractivity contribution in [2.75, 3.05) is 24.9 Å². The van der Waals surface area contributed by atoms with Gasteiger partial charge in [-0.05, 0) is 36.8 Å². The molecule has 0 spiro atoms. The summed E-state index contributed by atoms with van der Waals surface area (Å²) < 4.78 is 10.3. The molecule has 0 fully saturated rings. The first-order valence-electron chi connectivity index (χ1n) is 10.7. The number of methoxy groups -OCH3 is 2. The number of carbonyl (C=O) groups is 2. The summed E-state index contributed by atoms with van der Waals surface area (Å²) >= 11 is 0. The van der Waals surface area contributed by atoms with E-state index in [1.807, 2.05) is 31.2 Å². The molecule has 4 rings (SSSR count). The average molecular weight is 473 g/mol. The smallest absolute Gasteiger partial charge is 0.257 e. The molecule has 0 aliphatic carbocycles. The van der Waals surface area contributed by atoms with Gasteiger partial charge in [-0.3, -0.25) is 9.59 Å². The van der Waals surface area contributed by atoms with E-state index < -0.39 is 5.91 Å². The van der Waals surface area contributed by atoms with E-state index in [-0.39, 0.29) is 11.9 Å². The third-order valence-corrected chi connectivity index (χ3v) is 5.42. The number of benzene rings is 2. The summed E-state index contributed by atoms with van der Waals surface area (Å²) in [6.45, 7) is 1.96. The summed E-state index contributed by atoms with van der Waals surface area (Å²) in [5.41, 5.74) is 8.14. The van der Waals surface area contributed by atoms with Crippen molar-refractivity contribution in [3.8, 4) is 11.6 Å². The van der Waals surface area contributed by atoms with Crippen LogP contribution in [-0.4, -0.2) is 41.0 Å². The van der Waals surface area contributed by atoms with Crippen molar-refractivity contribution in [2.45, 2.75) is 13.0 Å². The quantitative estimate of drug-likeness (QED) is 0.353. The minimum Gasteiger partial charge on any atom is -0.491 e. The van der Waals surface area contributed by atoms with Gasteiger partial charge in [0.2, 0.25) is 0 Å². The summed E-state index contributed by atoms with van der Waals surface area (Å²) in [4.78, 5) is 37.2. The van der Waals surface area contributed by atoms with E-state index in [0.717, 1.165) is 5.56 Å². The molecule has 178 valence electrons. The lowest BCUT2D eigenvalue weighted by atomic mass is 10.1. The van der Waals surface area contributed by atoms with Gasteiger partial charge in [0.15, 0.2) is 5.75 Å². The molecule has 2 amide bonds. The van der Waals surface area contributed by atoms with E-state index in [9.17, 15) is 9.59 Å². The number of hydrogen-bond donors (Lipinski definition) is 3. The van der Waals surface area contributed by atoms with Gasteiger partial charge in [0, 0.05) is 23.3 Å². The molecule has 2 aromatic carbocycles. The Hall–Kier alpha value is -4.73. The SMILES string of the molecule is COc1cc(C(=O)Nc2cccc([C@@H](C)Nc3ncnc4c(C(N)=O)cccc34)c2)cnc1OC. The topological polar surface area (TPSA) is 141 Å². The number of pyridine rings is 1. The lowest BCUT2D eigenvalue weighted by molar-refractivity contribution is 0.0998. The largest absolute Gasteiger partial charge is 0.491 e. The van der Waals surface area contributed by atoms with E-state index in [1.165, 1.54) is 26.7 Å². The van der Waals surface area contributed by atoms with Crippen LogP contribution in [0.15, 0.2) is 61.1 Å². The number of carbonyl (C=O) groups excluding carboxylic acids is 2. The molecule has 0 radical (unpaired) electrons. The Kier molecular flexibility index (Phi) is 6.72. The fraction of sp³-hybridized carbons (Fsp3) is 0.160. The highest BCUT2D eigenvalue weighted by Gasteiger charge is 2.15. The number of primary amides is 1. The Bertz CT molecular complexity index is 1410. The van der Waals surface area contributed by atoms with Crippen molar-refractivity contribution in [2.24, 2.45) is 5.73 Å². The molecule has 35 heavy (non-hydrogen) atoms. The van der Waals surface area contributed by atoms with E-state index in [2.05, 4.69) is 25.6 Å². The molecule has 4 aromatic rings. The molecular weight excluding hydrogens is 448 g/mol. The Morgan fingerprint density at radius 3 is 2.54 bits per heavy atom. The fourth-order valence-electron chi connectivity index (χ4n) is 3.63. The number of para-hydroxylation sites is 1. The molecule has 10 nitrogen and oxygen atoms in total. The van der Waals surface area contributed by atoms with Crippen molar-refractivity contribution in [3.63, 3.8) is 0 Å². The van der Waals surface area contributed by atoms with Crippen LogP contribution in [0, 0.1) is 0 Å². The fourth-order valence-corrected chi connectivity index (χ4v) is 3.63. The van der Waals surface area contributed by atoms with Gasteiger partial charge >= 0.3 is 0 Å². The first kappa shape index (κ1) is 23.4. The number of nitrogens with two attached hydrogens (primary N) is 1. The normalized spacial score (nSPS) is 11.5. The van der Waals surface area contributed by atoms with Crippen molar-refractivity contribution in [1.82, 2.24) is 15.0 Å². The molecule has 10 heteroatoms. The van der Waals surface area contributed by atoms with Crippen LogP contribution in [0.4, 0.5) is 11.5 Å². The second-order valence-electron chi connectivity index (χ2n) is 7.67. The molecule has 0 saturated heterocycles. The summed E-state index contributed by atoms with van der Waals surface area (Å²) in [6, 6.07) is 14.0. The predicted octanol–water partition coefficient (Wildman–Crippen LogP) is 3.57. The molecule has 2 heterocycles. The van der Waals surface area contributed by atoms with Crippen LogP contribution >= 0.6 is 0 Å². The number of fused-ring (bicyclic) bond motifs is 1. The van der Waals surface area contributed by atoms with Gasteiger partial charge in [-0.2, -0.15) is 0 Å². The zero-order valence-electron chi connectivity index (χ0n) is 19.4. The van der Waals surface area contributed by atoms with Crippen LogP contribution in [0.3, 0.4) is 0 Å². The van der Waals surface area contributed by atoms with E-state index in [1.54, 1.807) is 24.3 Å². The van der Waals surface area contributed by atoms with Gasteiger partial charge < -0.3 is 25.8 Å². The Morgan fingerprint density at radius 1 is 1.00 bits per heavy atom. The maximum atomic E-state index is 12.8. The standard InChI is InChI=1S/C25H24N6O4/c1-14(30-23-19-9-5-8-18(22(26)32)21(19)28-13-29-23)15-6-4-7-17(10-15)31-24(33)16-11-20(34-2)25(35-3)27-12-16/h4-14H,1-3H3,(H2,26,32)(H,31,33)(H,28,29,30)/t14-/m1/s1. The number of nitrogens with one attached hydrogen (secondary N) is 2. The van der Waals surface area contributed by atoms with Crippen LogP contribution in [0.25, 0.3) is 10.9 Å². The van der Waals surface area contributed by atoms with Crippen molar-refractivity contribution in [3.05, 3.63) is 77.7 Å². The van der Waals surface area contributed by atoms with Gasteiger partial charge in [0.25, 0.3) is 17.7 Å². The average Bonchev–Trinajstić information content (AvgIpc) is 2.88. The van der Waals surface area contributed by atoms with Gasteiger partial charge in [0.1, 0.15) is 12.1 Å².